The summed E-state index contributed by atoms with van der Waals surface area (Å²) < 4.78 is 0. The first-order chi connectivity index (χ1) is 15.6. The summed E-state index contributed by atoms with van der Waals surface area (Å²) in [5, 5.41) is 9.68. The molecule has 2 atom stereocenters. The minimum absolute atomic E-state index is 0.0125. The second kappa shape index (κ2) is 14.4. The fraction of sp³-hybridized carbons (Fsp3) is 0.655. The molecule has 1 aliphatic rings. The highest BCUT2D eigenvalue weighted by Crippen LogP contribution is 2.37. The lowest BCUT2D eigenvalue weighted by molar-refractivity contribution is 0.540. The number of hydrogen-bond acceptors (Lipinski definition) is 3. The minimum atomic E-state index is -0.356. The molecule has 2 N–H and O–H groups in total. The molecule has 1 aromatic rings. The van der Waals surface area contributed by atoms with Crippen LogP contribution in [0.5, 0.6) is 0 Å². The zero-order valence-electron chi connectivity index (χ0n) is 21.2. The van der Waals surface area contributed by atoms with Crippen molar-refractivity contribution in [3.8, 4) is 0 Å². The van der Waals surface area contributed by atoms with E-state index in [4.69, 9.17) is 16.0 Å². The lowest BCUT2D eigenvalue weighted by Crippen LogP contribution is -2.34. The molecule has 0 saturated heterocycles. The summed E-state index contributed by atoms with van der Waals surface area (Å²) in [5.41, 5.74) is 10.8. The molecule has 2 unspecified atom stereocenters. The van der Waals surface area contributed by atoms with Gasteiger partial charge in [0.25, 0.3) is 0 Å². The molecule has 0 heterocycles. The predicted molar refractivity (Wildman–Crippen MR) is 140 cm³/mol. The van der Waals surface area contributed by atoms with Gasteiger partial charge in [0.05, 0.1) is 5.69 Å². The maximum Gasteiger partial charge on any atom is 0.121 e. The molecule has 0 aromatic heterocycles. The summed E-state index contributed by atoms with van der Waals surface area (Å²) in [4.78, 5) is 0. The average molecular weight is 438 g/mol. The molecule has 0 radical (unpaired) electrons. The summed E-state index contributed by atoms with van der Waals surface area (Å²) >= 11 is 0. The van der Waals surface area contributed by atoms with Gasteiger partial charge >= 0.3 is 0 Å². The van der Waals surface area contributed by atoms with E-state index in [1.807, 2.05) is 0 Å². The second-order valence-electron chi connectivity index (χ2n) is 9.43. The van der Waals surface area contributed by atoms with Crippen molar-refractivity contribution in [3.63, 3.8) is 0 Å². The van der Waals surface area contributed by atoms with Gasteiger partial charge in [-0.05, 0) is 55.4 Å². The SMILES string of the molecule is CCCCCCCCCCCCc1ccccc1N=NC1(CC)C=CC(N)C(CC)=C1C. The zero-order valence-corrected chi connectivity index (χ0v) is 21.2. The smallest absolute Gasteiger partial charge is 0.121 e. The Morgan fingerprint density at radius 3 is 2.12 bits per heavy atom. The molecule has 0 saturated carbocycles. The van der Waals surface area contributed by atoms with Gasteiger partial charge < -0.3 is 5.73 Å². The Bertz CT molecular complexity index is 761. The molecule has 32 heavy (non-hydrogen) atoms. The number of hydrogen-bond donors (Lipinski definition) is 1. The van der Waals surface area contributed by atoms with Crippen molar-refractivity contribution in [1.29, 1.82) is 0 Å². The highest BCUT2D eigenvalue weighted by molar-refractivity contribution is 5.46. The highest BCUT2D eigenvalue weighted by atomic mass is 15.2. The average Bonchev–Trinajstić information content (AvgIpc) is 2.81. The number of benzene rings is 1. The molecule has 0 bridgehead atoms. The van der Waals surface area contributed by atoms with Gasteiger partial charge in [0.1, 0.15) is 5.54 Å². The first kappa shape index (κ1) is 26.5. The zero-order chi connectivity index (χ0) is 23.2. The van der Waals surface area contributed by atoms with Gasteiger partial charge in [-0.3, -0.25) is 0 Å². The minimum Gasteiger partial charge on any atom is -0.321 e. The fourth-order valence-electron chi connectivity index (χ4n) is 4.86. The molecule has 3 heteroatoms. The summed E-state index contributed by atoms with van der Waals surface area (Å²) in [7, 11) is 0. The molecule has 0 aliphatic heterocycles. The van der Waals surface area contributed by atoms with Crippen LogP contribution in [0.1, 0.15) is 110 Å². The van der Waals surface area contributed by atoms with E-state index in [1.54, 1.807) is 0 Å². The van der Waals surface area contributed by atoms with E-state index in [-0.39, 0.29) is 11.6 Å². The topological polar surface area (TPSA) is 50.7 Å². The maximum absolute atomic E-state index is 6.30. The van der Waals surface area contributed by atoms with Crippen LogP contribution in [0.25, 0.3) is 0 Å². The van der Waals surface area contributed by atoms with Gasteiger partial charge in [0, 0.05) is 6.04 Å². The van der Waals surface area contributed by atoms with Crippen LogP contribution in [0.4, 0.5) is 5.69 Å². The molecule has 178 valence electrons. The lowest BCUT2D eigenvalue weighted by Gasteiger charge is -2.33. The monoisotopic (exact) mass is 437 g/mol. The Kier molecular flexibility index (Phi) is 11.9. The molecule has 2 rings (SSSR count). The number of unbranched alkanes of at least 4 members (excludes halogenated alkanes) is 9. The van der Waals surface area contributed by atoms with Gasteiger partial charge in [-0.15, -0.1) is 0 Å². The molecular weight excluding hydrogens is 390 g/mol. The van der Waals surface area contributed by atoms with Crippen molar-refractivity contribution in [3.05, 3.63) is 53.1 Å². The number of rotatable bonds is 15. The number of azo groups is 1. The van der Waals surface area contributed by atoms with Gasteiger partial charge in [-0.25, -0.2) is 0 Å². The van der Waals surface area contributed by atoms with Crippen LogP contribution < -0.4 is 5.73 Å². The lowest BCUT2D eigenvalue weighted by atomic mass is 9.78. The van der Waals surface area contributed by atoms with Gasteiger partial charge in [0.15, 0.2) is 0 Å². The van der Waals surface area contributed by atoms with E-state index in [0.717, 1.165) is 24.9 Å². The third kappa shape index (κ3) is 7.69. The van der Waals surface area contributed by atoms with Crippen LogP contribution in [0, 0.1) is 0 Å². The van der Waals surface area contributed by atoms with Crippen molar-refractivity contribution in [1.82, 2.24) is 0 Å². The predicted octanol–water partition coefficient (Wildman–Crippen LogP) is 9.01. The Balaban J connectivity index is 1.90. The van der Waals surface area contributed by atoms with Crippen molar-refractivity contribution < 1.29 is 0 Å². The van der Waals surface area contributed by atoms with E-state index < -0.39 is 0 Å². The maximum atomic E-state index is 6.30. The normalized spacial score (nSPS) is 21.1. The van der Waals surface area contributed by atoms with E-state index in [1.165, 1.54) is 80.9 Å². The first-order valence-electron chi connectivity index (χ1n) is 13.2. The fourth-order valence-corrected chi connectivity index (χ4v) is 4.86. The van der Waals surface area contributed by atoms with Crippen molar-refractivity contribution in [2.75, 3.05) is 0 Å². The van der Waals surface area contributed by atoms with Crippen LogP contribution in [-0.4, -0.2) is 11.6 Å². The number of nitrogens with zero attached hydrogens (tertiary/aromatic N) is 2. The summed E-state index contributed by atoms with van der Waals surface area (Å²) in [6.45, 7) is 8.83. The number of nitrogens with two attached hydrogens (primary N) is 1. The second-order valence-corrected chi connectivity index (χ2v) is 9.43. The molecule has 0 spiro atoms. The van der Waals surface area contributed by atoms with Crippen molar-refractivity contribution in [2.45, 2.75) is 123 Å². The van der Waals surface area contributed by atoms with E-state index in [0.29, 0.717) is 0 Å². The third-order valence-corrected chi connectivity index (χ3v) is 7.16. The van der Waals surface area contributed by atoms with Gasteiger partial charge in [0.2, 0.25) is 0 Å². The third-order valence-electron chi connectivity index (χ3n) is 7.16. The van der Waals surface area contributed by atoms with Crippen LogP contribution in [0.3, 0.4) is 0 Å². The Morgan fingerprint density at radius 1 is 0.875 bits per heavy atom. The van der Waals surface area contributed by atoms with Crippen LogP contribution in [0.15, 0.2) is 57.8 Å². The van der Waals surface area contributed by atoms with Crippen molar-refractivity contribution in [2.24, 2.45) is 16.0 Å². The Labute approximate surface area is 197 Å². The van der Waals surface area contributed by atoms with Gasteiger partial charge in [-0.2, -0.15) is 10.2 Å². The van der Waals surface area contributed by atoms with E-state index in [2.05, 4.69) is 64.1 Å². The Morgan fingerprint density at radius 2 is 1.50 bits per heavy atom. The van der Waals surface area contributed by atoms with Crippen LogP contribution in [0.2, 0.25) is 0 Å². The molecular formula is C29H47N3. The summed E-state index contributed by atoms with van der Waals surface area (Å²) in [6.07, 6.45) is 20.9. The van der Waals surface area contributed by atoms with Gasteiger partial charge in [-0.1, -0.05) is 109 Å². The first-order valence-corrected chi connectivity index (χ1v) is 13.2. The molecule has 0 fully saturated rings. The molecule has 1 aliphatic carbocycles. The van der Waals surface area contributed by atoms with E-state index >= 15 is 0 Å². The van der Waals surface area contributed by atoms with Crippen LogP contribution in [-0.2, 0) is 6.42 Å². The highest BCUT2D eigenvalue weighted by Gasteiger charge is 2.33. The largest absolute Gasteiger partial charge is 0.321 e. The standard InChI is InChI=1S/C29H47N3/c1-5-8-9-10-11-12-13-14-15-16-19-25-20-17-18-21-28(25)31-32-29(7-3)23-22-27(30)26(6-2)24(29)4/h17-18,20-23,27H,5-16,19,30H2,1-4H3. The quantitative estimate of drug-likeness (QED) is 0.166. The van der Waals surface area contributed by atoms with Crippen molar-refractivity contribution >= 4 is 5.69 Å². The molecule has 3 nitrogen and oxygen atoms in total. The Hall–Kier alpha value is -1.74. The number of aryl methyl sites for hydroxylation is 1. The van der Waals surface area contributed by atoms with Crippen LogP contribution >= 0.6 is 0 Å². The molecule has 1 aromatic carbocycles. The summed E-state index contributed by atoms with van der Waals surface area (Å²) in [5.74, 6) is 0. The molecule has 0 amide bonds. The summed E-state index contributed by atoms with van der Waals surface area (Å²) in [6, 6.07) is 8.53. The van der Waals surface area contributed by atoms with E-state index in [9.17, 15) is 0 Å².